The zero-order valence-corrected chi connectivity index (χ0v) is 9.53. The molecule has 0 aliphatic carbocycles. The van der Waals surface area contributed by atoms with E-state index in [4.69, 9.17) is 16.2 Å². The van der Waals surface area contributed by atoms with Crippen LogP contribution in [0.15, 0.2) is 18.2 Å². The number of ether oxygens (including phenoxy) is 1. The molecule has 4 heteroatoms. The van der Waals surface area contributed by atoms with E-state index >= 15 is 0 Å². The van der Waals surface area contributed by atoms with Crippen LogP contribution >= 0.6 is 0 Å². The molecule has 0 unspecified atom stereocenters. The average Bonchev–Trinajstić information content (AvgIpc) is 2.25. The van der Waals surface area contributed by atoms with Crippen molar-refractivity contribution in [2.75, 3.05) is 11.5 Å². The molecule has 0 bridgehead atoms. The molecule has 0 saturated heterocycles. The molecule has 1 rings (SSSR count). The van der Waals surface area contributed by atoms with Crippen molar-refractivity contribution >= 4 is 17.3 Å². The molecule has 16 heavy (non-hydrogen) atoms. The lowest BCUT2D eigenvalue weighted by atomic mass is 10.2. The number of nitrogen functional groups attached to an aromatic ring is 2. The van der Waals surface area contributed by atoms with Crippen LogP contribution < -0.4 is 11.5 Å². The minimum Gasteiger partial charge on any atom is -0.461 e. The molecule has 0 fully saturated rings. The van der Waals surface area contributed by atoms with Crippen LogP contribution in [0, 0.1) is 0 Å². The van der Waals surface area contributed by atoms with Gasteiger partial charge < -0.3 is 16.2 Å². The van der Waals surface area contributed by atoms with Crippen LogP contribution in [0.4, 0.5) is 11.4 Å². The second-order valence-electron chi connectivity index (χ2n) is 3.72. The van der Waals surface area contributed by atoms with Gasteiger partial charge in [0.05, 0.1) is 0 Å². The van der Waals surface area contributed by atoms with Crippen molar-refractivity contribution < 1.29 is 9.53 Å². The number of benzene rings is 1. The summed E-state index contributed by atoms with van der Waals surface area (Å²) in [6, 6.07) is 5.18. The molecule has 0 radical (unpaired) electrons. The van der Waals surface area contributed by atoms with Crippen LogP contribution in [0.25, 0.3) is 0 Å². The molecule has 88 valence electrons. The summed E-state index contributed by atoms with van der Waals surface area (Å²) in [5.74, 6) is -0.182. The number of rotatable bonds is 5. The van der Waals surface area contributed by atoms with Gasteiger partial charge in [-0.2, -0.15) is 0 Å². The highest BCUT2D eigenvalue weighted by molar-refractivity contribution is 5.69. The first-order chi connectivity index (χ1) is 7.63. The quantitative estimate of drug-likeness (QED) is 0.590. The molecule has 0 aromatic heterocycles. The van der Waals surface area contributed by atoms with E-state index in [1.165, 1.54) is 0 Å². The van der Waals surface area contributed by atoms with Gasteiger partial charge in [-0.1, -0.05) is 19.4 Å². The summed E-state index contributed by atoms with van der Waals surface area (Å²) in [5, 5.41) is 0. The van der Waals surface area contributed by atoms with Crippen molar-refractivity contribution in [1.82, 2.24) is 0 Å². The van der Waals surface area contributed by atoms with Crippen LogP contribution in [0.3, 0.4) is 0 Å². The molecule has 0 aliphatic heterocycles. The third-order valence-electron chi connectivity index (χ3n) is 2.29. The Hall–Kier alpha value is -1.71. The van der Waals surface area contributed by atoms with Gasteiger partial charge in [-0.3, -0.25) is 4.79 Å². The fourth-order valence-corrected chi connectivity index (χ4v) is 1.30. The van der Waals surface area contributed by atoms with E-state index in [1.54, 1.807) is 18.2 Å². The van der Waals surface area contributed by atoms with Crippen molar-refractivity contribution in [2.24, 2.45) is 0 Å². The Kier molecular flexibility index (Phi) is 4.64. The fraction of sp³-hybridized carbons (Fsp3) is 0.417. The van der Waals surface area contributed by atoms with Crippen LogP contribution in [0.1, 0.15) is 31.7 Å². The Morgan fingerprint density at radius 3 is 2.75 bits per heavy atom. The molecule has 1 aromatic carbocycles. The topological polar surface area (TPSA) is 78.3 Å². The lowest BCUT2D eigenvalue weighted by molar-refractivity contribution is -0.145. The third kappa shape index (κ3) is 3.81. The van der Waals surface area contributed by atoms with Crippen molar-refractivity contribution in [2.45, 2.75) is 32.8 Å². The molecule has 1 aromatic rings. The fourth-order valence-electron chi connectivity index (χ4n) is 1.30. The number of nitrogens with two attached hydrogens (primary N) is 2. The van der Waals surface area contributed by atoms with E-state index in [0.29, 0.717) is 17.8 Å². The van der Waals surface area contributed by atoms with E-state index in [9.17, 15) is 4.79 Å². The number of hydrogen-bond acceptors (Lipinski definition) is 4. The first-order valence-electron chi connectivity index (χ1n) is 5.43. The second-order valence-corrected chi connectivity index (χ2v) is 3.72. The Balaban J connectivity index is 2.45. The predicted octanol–water partition coefficient (Wildman–Crippen LogP) is 2.08. The summed E-state index contributed by atoms with van der Waals surface area (Å²) >= 11 is 0. The highest BCUT2D eigenvalue weighted by Crippen LogP contribution is 2.16. The molecule has 0 saturated carbocycles. The molecule has 4 nitrogen and oxygen atoms in total. The smallest absolute Gasteiger partial charge is 0.306 e. The number of hydrogen-bond donors (Lipinski definition) is 2. The summed E-state index contributed by atoms with van der Waals surface area (Å²) in [6.45, 7) is 2.25. The molecular formula is C12H18N2O2. The van der Waals surface area contributed by atoms with Crippen molar-refractivity contribution in [3.63, 3.8) is 0 Å². The third-order valence-corrected chi connectivity index (χ3v) is 2.29. The number of carbonyl (C=O) groups is 1. The van der Waals surface area contributed by atoms with Gasteiger partial charge in [0, 0.05) is 23.4 Å². The van der Waals surface area contributed by atoms with Crippen LogP contribution in [0.5, 0.6) is 0 Å². The Morgan fingerprint density at radius 2 is 2.12 bits per heavy atom. The first-order valence-corrected chi connectivity index (χ1v) is 5.43. The molecular weight excluding hydrogens is 204 g/mol. The largest absolute Gasteiger partial charge is 0.461 e. The lowest BCUT2D eigenvalue weighted by Gasteiger charge is -2.07. The molecule has 0 heterocycles. The van der Waals surface area contributed by atoms with E-state index in [0.717, 1.165) is 18.4 Å². The summed E-state index contributed by atoms with van der Waals surface area (Å²) in [6.07, 6.45) is 2.31. The van der Waals surface area contributed by atoms with Gasteiger partial charge in [0.15, 0.2) is 0 Å². The van der Waals surface area contributed by atoms with Crippen molar-refractivity contribution in [1.29, 1.82) is 0 Å². The Morgan fingerprint density at radius 1 is 1.38 bits per heavy atom. The van der Waals surface area contributed by atoms with Gasteiger partial charge in [-0.25, -0.2) is 0 Å². The molecule has 0 atom stereocenters. The highest BCUT2D eigenvalue weighted by atomic mass is 16.5. The standard InChI is InChI=1S/C12H18N2O2/c1-2-3-4-12(15)16-8-9-5-6-10(13)7-11(9)14/h5-7H,2-4,8,13-14H2,1H3. The number of carbonyl (C=O) groups excluding carboxylic acids is 1. The van der Waals surface area contributed by atoms with Gasteiger partial charge in [-0.15, -0.1) is 0 Å². The van der Waals surface area contributed by atoms with E-state index < -0.39 is 0 Å². The molecule has 4 N–H and O–H groups in total. The highest BCUT2D eigenvalue weighted by Gasteiger charge is 2.04. The van der Waals surface area contributed by atoms with Crippen LogP contribution in [-0.2, 0) is 16.1 Å². The average molecular weight is 222 g/mol. The molecule has 0 aliphatic rings. The Bertz CT molecular complexity index is 364. The van der Waals surface area contributed by atoms with E-state index in [-0.39, 0.29) is 12.6 Å². The zero-order chi connectivity index (χ0) is 12.0. The zero-order valence-electron chi connectivity index (χ0n) is 9.53. The maximum atomic E-state index is 11.3. The maximum Gasteiger partial charge on any atom is 0.306 e. The maximum absolute atomic E-state index is 11.3. The Labute approximate surface area is 95.6 Å². The number of anilines is 2. The lowest BCUT2D eigenvalue weighted by Crippen LogP contribution is -2.06. The first kappa shape index (κ1) is 12.4. The molecule has 0 spiro atoms. The van der Waals surface area contributed by atoms with Gasteiger partial charge >= 0.3 is 5.97 Å². The summed E-state index contributed by atoms with van der Waals surface area (Å²) in [4.78, 5) is 11.3. The predicted molar refractivity (Wildman–Crippen MR) is 64.6 cm³/mol. The summed E-state index contributed by atoms with van der Waals surface area (Å²) < 4.78 is 5.09. The minimum atomic E-state index is -0.182. The van der Waals surface area contributed by atoms with Crippen LogP contribution in [-0.4, -0.2) is 5.97 Å². The van der Waals surface area contributed by atoms with Crippen molar-refractivity contribution in [3.05, 3.63) is 23.8 Å². The number of esters is 1. The summed E-state index contributed by atoms with van der Waals surface area (Å²) in [5.41, 5.74) is 13.3. The van der Waals surface area contributed by atoms with E-state index in [1.807, 2.05) is 6.92 Å². The van der Waals surface area contributed by atoms with E-state index in [2.05, 4.69) is 0 Å². The normalized spacial score (nSPS) is 10.1. The second kappa shape index (κ2) is 6.00. The molecule has 0 amide bonds. The van der Waals surface area contributed by atoms with Crippen LogP contribution in [0.2, 0.25) is 0 Å². The monoisotopic (exact) mass is 222 g/mol. The van der Waals surface area contributed by atoms with Gasteiger partial charge in [-0.05, 0) is 18.6 Å². The SMILES string of the molecule is CCCCC(=O)OCc1ccc(N)cc1N. The minimum absolute atomic E-state index is 0.182. The number of unbranched alkanes of at least 4 members (excludes halogenated alkanes) is 1. The summed E-state index contributed by atoms with van der Waals surface area (Å²) in [7, 11) is 0. The van der Waals surface area contributed by atoms with Gasteiger partial charge in [0.2, 0.25) is 0 Å². The van der Waals surface area contributed by atoms with Gasteiger partial charge in [0.25, 0.3) is 0 Å². The van der Waals surface area contributed by atoms with Gasteiger partial charge in [0.1, 0.15) is 6.61 Å². The van der Waals surface area contributed by atoms with Crippen molar-refractivity contribution in [3.8, 4) is 0 Å².